The van der Waals surface area contributed by atoms with Crippen LogP contribution in [-0.4, -0.2) is 50.7 Å². The van der Waals surface area contributed by atoms with Crippen LogP contribution in [0.1, 0.15) is 20.3 Å². The maximum Gasteiger partial charge on any atom is 2.00 e. The summed E-state index contributed by atoms with van der Waals surface area (Å²) in [6, 6.07) is 0. The van der Waals surface area contributed by atoms with Crippen molar-refractivity contribution in [2.24, 2.45) is 9.98 Å². The molecule has 0 aromatic heterocycles. The summed E-state index contributed by atoms with van der Waals surface area (Å²) in [7, 11) is 0. The molecular weight excluding hydrogens is 259 g/mol. The van der Waals surface area contributed by atoms with Crippen molar-refractivity contribution in [3.8, 4) is 0 Å². The third kappa shape index (κ3) is 9.34. The summed E-state index contributed by atoms with van der Waals surface area (Å²) in [5, 5.41) is 8.80. The Balaban J connectivity index is 0.00000256. The molecule has 1 aliphatic rings. The zero-order valence-electron chi connectivity index (χ0n) is 10.6. The molecule has 0 N–H and O–H groups in total. The van der Waals surface area contributed by atoms with Crippen molar-refractivity contribution in [1.29, 1.82) is 0 Å². The summed E-state index contributed by atoms with van der Waals surface area (Å²) in [5.74, 6) is 0. The van der Waals surface area contributed by atoms with Crippen LogP contribution in [0.4, 0.5) is 0 Å². The molecule has 4 nitrogen and oxygen atoms in total. The van der Waals surface area contributed by atoms with Gasteiger partial charge in [0.2, 0.25) is 0 Å². The van der Waals surface area contributed by atoms with Gasteiger partial charge in [0.25, 0.3) is 0 Å². The Morgan fingerprint density at radius 3 is 1.82 bits per heavy atom. The van der Waals surface area contributed by atoms with Gasteiger partial charge in [-0.05, 0) is 0 Å². The minimum atomic E-state index is 0. The second-order valence-corrected chi connectivity index (χ2v) is 3.89. The first-order valence-electron chi connectivity index (χ1n) is 5.92. The number of hydrogen-bond acceptors (Lipinski definition) is 2. The van der Waals surface area contributed by atoms with Crippen LogP contribution in [0.2, 0.25) is 0 Å². The summed E-state index contributed by atoms with van der Waals surface area (Å²) >= 11 is 0. The van der Waals surface area contributed by atoms with Crippen LogP contribution >= 0.6 is 0 Å². The fourth-order valence-corrected chi connectivity index (χ4v) is 1.51. The van der Waals surface area contributed by atoms with E-state index >= 15 is 0 Å². The SMILES string of the molecule is CC1=NCC[N-]CCC[N-]CCN=C(C)[CH-]1.[Ni+2]. The predicted octanol–water partition coefficient (Wildman–Crippen LogP) is 2.26. The molecule has 100 valence electrons. The van der Waals surface area contributed by atoms with Gasteiger partial charge in [-0.15, -0.1) is 24.5 Å². The van der Waals surface area contributed by atoms with E-state index in [1.54, 1.807) is 0 Å². The Morgan fingerprint density at radius 1 is 0.882 bits per heavy atom. The molecule has 0 amide bonds. The topological polar surface area (TPSA) is 52.9 Å². The van der Waals surface area contributed by atoms with Crippen molar-refractivity contribution in [1.82, 2.24) is 0 Å². The maximum absolute atomic E-state index is 4.43. The Bertz CT molecular complexity index is 227. The van der Waals surface area contributed by atoms with Crippen LogP contribution in [0.15, 0.2) is 9.98 Å². The molecule has 0 atom stereocenters. The molecule has 0 spiro atoms. The normalized spacial score (nSPS) is 20.1. The molecule has 1 aliphatic heterocycles. The summed E-state index contributed by atoms with van der Waals surface area (Å²) in [5.41, 5.74) is 2.07. The Morgan fingerprint density at radius 2 is 1.35 bits per heavy atom. The Hall–Kier alpha value is -0.376. The van der Waals surface area contributed by atoms with Gasteiger partial charge in [-0.25, -0.2) is 0 Å². The Kier molecular flexibility index (Phi) is 10.5. The molecule has 0 radical (unpaired) electrons. The quantitative estimate of drug-likeness (QED) is 0.483. The molecule has 17 heavy (non-hydrogen) atoms. The van der Waals surface area contributed by atoms with E-state index in [4.69, 9.17) is 0 Å². The molecule has 0 bridgehead atoms. The molecule has 1 heterocycles. The first-order valence-corrected chi connectivity index (χ1v) is 5.92. The average Bonchev–Trinajstić information content (AvgIpc) is 2.25. The molecular formula is C12H21N4Ni-. The van der Waals surface area contributed by atoms with E-state index in [-0.39, 0.29) is 16.5 Å². The van der Waals surface area contributed by atoms with Crippen LogP contribution in [0.5, 0.6) is 0 Å². The average molecular weight is 280 g/mol. The van der Waals surface area contributed by atoms with E-state index < -0.39 is 0 Å². The van der Waals surface area contributed by atoms with Crippen LogP contribution in [0, 0.1) is 6.42 Å². The smallest absolute Gasteiger partial charge is 0.661 e. The fraction of sp³-hybridized carbons (Fsp3) is 0.750. The second-order valence-electron chi connectivity index (χ2n) is 3.89. The third-order valence-electron chi connectivity index (χ3n) is 2.29. The third-order valence-corrected chi connectivity index (χ3v) is 2.29. The summed E-state index contributed by atoms with van der Waals surface area (Å²) in [6.45, 7) is 9.04. The van der Waals surface area contributed by atoms with E-state index in [0.717, 1.165) is 57.1 Å². The van der Waals surface area contributed by atoms with Gasteiger partial charge in [0, 0.05) is 13.1 Å². The van der Waals surface area contributed by atoms with Crippen molar-refractivity contribution in [2.75, 3.05) is 39.3 Å². The van der Waals surface area contributed by atoms with Crippen molar-refractivity contribution >= 4 is 11.4 Å². The predicted molar refractivity (Wildman–Crippen MR) is 71.1 cm³/mol. The van der Waals surface area contributed by atoms with Crippen molar-refractivity contribution < 1.29 is 16.5 Å². The van der Waals surface area contributed by atoms with Gasteiger partial charge >= 0.3 is 16.5 Å². The van der Waals surface area contributed by atoms with Gasteiger partial charge in [-0.1, -0.05) is 20.3 Å². The number of nitrogens with zero attached hydrogens (tertiary/aromatic N) is 4. The molecule has 5 heteroatoms. The first-order chi connectivity index (χ1) is 7.79. The maximum atomic E-state index is 4.43. The number of rotatable bonds is 0. The fourth-order valence-electron chi connectivity index (χ4n) is 1.51. The van der Waals surface area contributed by atoms with Gasteiger partial charge < -0.3 is 27.0 Å². The van der Waals surface area contributed by atoms with Crippen LogP contribution in [0.3, 0.4) is 0 Å². The zero-order valence-corrected chi connectivity index (χ0v) is 11.6. The van der Waals surface area contributed by atoms with Crippen molar-refractivity contribution in [3.05, 3.63) is 17.1 Å². The molecule has 1 rings (SSSR count). The minimum Gasteiger partial charge on any atom is -0.661 e. The summed E-state index contributed by atoms with van der Waals surface area (Å²) < 4.78 is 0. The standard InChI is InChI=1S/C12H21N4.Ni/c1-11-10-12(2)16-9-7-14-5-3-4-13-6-8-15-11;/h10H,3-9H2,1-2H3;/q-3;+2. The van der Waals surface area contributed by atoms with Crippen LogP contribution < -0.4 is 0 Å². The van der Waals surface area contributed by atoms with E-state index in [1.165, 1.54) is 0 Å². The molecule has 0 saturated carbocycles. The van der Waals surface area contributed by atoms with E-state index in [0.29, 0.717) is 0 Å². The summed E-state index contributed by atoms with van der Waals surface area (Å²) in [4.78, 5) is 8.85. The first kappa shape index (κ1) is 16.6. The van der Waals surface area contributed by atoms with Gasteiger partial charge in [0.05, 0.1) is 0 Å². The molecule has 0 aromatic carbocycles. The van der Waals surface area contributed by atoms with Crippen molar-refractivity contribution in [3.63, 3.8) is 0 Å². The van der Waals surface area contributed by atoms with E-state index in [9.17, 15) is 0 Å². The molecule has 0 unspecified atom stereocenters. The van der Waals surface area contributed by atoms with Gasteiger partial charge in [0.1, 0.15) is 0 Å². The van der Waals surface area contributed by atoms with Gasteiger partial charge in [-0.2, -0.15) is 13.1 Å². The van der Waals surface area contributed by atoms with E-state index in [2.05, 4.69) is 20.6 Å². The largest absolute Gasteiger partial charge is 2.00 e. The molecule has 0 fully saturated rings. The van der Waals surface area contributed by atoms with Gasteiger partial charge in [-0.3, -0.25) is 0 Å². The van der Waals surface area contributed by atoms with Crippen LogP contribution in [-0.2, 0) is 16.5 Å². The van der Waals surface area contributed by atoms with Gasteiger partial charge in [0.15, 0.2) is 0 Å². The molecule has 0 aromatic rings. The van der Waals surface area contributed by atoms with Crippen molar-refractivity contribution in [2.45, 2.75) is 20.3 Å². The number of aliphatic imine (C=N–C) groups is 2. The van der Waals surface area contributed by atoms with Crippen LogP contribution in [0.25, 0.3) is 10.6 Å². The monoisotopic (exact) mass is 279 g/mol. The molecule has 0 saturated heterocycles. The Labute approximate surface area is 115 Å². The van der Waals surface area contributed by atoms with E-state index in [1.807, 2.05) is 20.3 Å². The summed E-state index contributed by atoms with van der Waals surface area (Å²) in [6.07, 6.45) is 3.07. The number of hydrogen-bond donors (Lipinski definition) is 0. The zero-order chi connectivity index (χ0) is 11.6. The second kappa shape index (κ2) is 10.8. The molecule has 0 aliphatic carbocycles. The minimum absolute atomic E-state index is 0.